The molecule has 1 fully saturated rings. The lowest BCUT2D eigenvalue weighted by Crippen LogP contribution is -3.14. The van der Waals surface area contributed by atoms with Crippen molar-refractivity contribution in [2.45, 2.75) is 13.3 Å². The number of nitrogens with one attached hydrogen (secondary N) is 2. The molecule has 0 aromatic heterocycles. The molecule has 0 saturated carbocycles. The van der Waals surface area contributed by atoms with E-state index in [9.17, 15) is 13.2 Å². The van der Waals surface area contributed by atoms with E-state index in [1.807, 2.05) is 19.1 Å². The van der Waals surface area contributed by atoms with Gasteiger partial charge in [-0.05, 0) is 19.1 Å². The van der Waals surface area contributed by atoms with E-state index in [1.54, 1.807) is 12.1 Å². The third kappa shape index (κ3) is 6.64. The molecule has 1 aromatic rings. The van der Waals surface area contributed by atoms with Crippen LogP contribution in [0, 0.1) is 6.92 Å². The number of rotatable bonds is 8. The van der Waals surface area contributed by atoms with Gasteiger partial charge in [0, 0.05) is 13.0 Å². The molecule has 8 heteroatoms. The Morgan fingerprint density at radius 2 is 1.88 bits per heavy atom. The minimum absolute atomic E-state index is 0.202. The number of hydrogen-bond donors (Lipinski definition) is 2. The summed E-state index contributed by atoms with van der Waals surface area (Å²) in [4.78, 5) is 13.6. The van der Waals surface area contributed by atoms with Crippen LogP contribution in [-0.4, -0.2) is 66.5 Å². The number of benzene rings is 1. The van der Waals surface area contributed by atoms with Gasteiger partial charge in [0.2, 0.25) is 15.9 Å². The number of carbonyl (C=O) groups excluding carboxylic acids is 1. The van der Waals surface area contributed by atoms with Gasteiger partial charge in [-0.25, -0.2) is 8.42 Å². The van der Waals surface area contributed by atoms with Crippen LogP contribution in [0.3, 0.4) is 0 Å². The molecule has 1 aromatic carbocycles. The maximum atomic E-state index is 12.1. The monoisotopic (exact) mass is 370 g/mol. The van der Waals surface area contributed by atoms with E-state index >= 15 is 0 Å². The molecule has 2 rings (SSSR count). The second kappa shape index (κ2) is 9.17. The molecule has 1 saturated heterocycles. The molecule has 0 spiro atoms. The summed E-state index contributed by atoms with van der Waals surface area (Å²) in [6.45, 7) is 6.85. The Hall–Kier alpha value is -1.64. The Morgan fingerprint density at radius 3 is 2.48 bits per heavy atom. The lowest BCUT2D eigenvalue weighted by Gasteiger charge is -2.24. The number of nitrogens with zero attached hydrogens (tertiary/aromatic N) is 1. The first-order chi connectivity index (χ1) is 11.9. The number of anilines is 1. The van der Waals surface area contributed by atoms with Crippen molar-refractivity contribution in [1.82, 2.24) is 5.32 Å². The van der Waals surface area contributed by atoms with Crippen LogP contribution in [0.5, 0.6) is 0 Å². The number of aryl methyl sites for hydroxylation is 1. The first kappa shape index (κ1) is 19.7. The maximum absolute atomic E-state index is 12.1. The summed E-state index contributed by atoms with van der Waals surface area (Å²) in [6.07, 6.45) is 1.98. The van der Waals surface area contributed by atoms with Crippen LogP contribution in [0.1, 0.15) is 12.0 Å². The Kier molecular flexibility index (Phi) is 7.22. The quantitative estimate of drug-likeness (QED) is 0.586. The van der Waals surface area contributed by atoms with Crippen molar-refractivity contribution in [3.05, 3.63) is 29.8 Å². The van der Waals surface area contributed by atoms with Gasteiger partial charge in [-0.1, -0.05) is 17.7 Å². The second-order valence-electron chi connectivity index (χ2n) is 6.42. The Balaban J connectivity index is 1.82. The van der Waals surface area contributed by atoms with Crippen molar-refractivity contribution >= 4 is 21.6 Å². The average molecular weight is 370 g/mol. The van der Waals surface area contributed by atoms with Crippen LogP contribution in [0.25, 0.3) is 0 Å². The maximum Gasteiger partial charge on any atom is 0.240 e. The van der Waals surface area contributed by atoms with Gasteiger partial charge in [-0.2, -0.15) is 0 Å². The van der Waals surface area contributed by atoms with Crippen molar-refractivity contribution < 1.29 is 22.8 Å². The highest BCUT2D eigenvalue weighted by Gasteiger charge is 2.20. The second-order valence-corrected chi connectivity index (χ2v) is 8.33. The molecule has 7 nitrogen and oxygen atoms in total. The van der Waals surface area contributed by atoms with Crippen molar-refractivity contribution in [2.75, 3.05) is 56.5 Å². The third-order valence-corrected chi connectivity index (χ3v) is 5.38. The number of carbonyl (C=O) groups is 1. The molecule has 1 heterocycles. The summed E-state index contributed by atoms with van der Waals surface area (Å²) >= 11 is 0. The number of sulfonamides is 1. The molecule has 140 valence electrons. The lowest BCUT2D eigenvalue weighted by molar-refractivity contribution is -0.908. The van der Waals surface area contributed by atoms with Crippen LogP contribution in [0.4, 0.5) is 5.69 Å². The predicted molar refractivity (Wildman–Crippen MR) is 97.4 cm³/mol. The molecule has 1 aliphatic rings. The number of morpholine rings is 1. The SMILES string of the molecule is Cc1ccc(N(CC(=O)NCCC[NH+]2CCOCC2)S(C)(=O)=O)cc1. The summed E-state index contributed by atoms with van der Waals surface area (Å²) in [6, 6.07) is 7.09. The van der Waals surface area contributed by atoms with E-state index in [2.05, 4.69) is 5.32 Å². The predicted octanol–water partition coefficient (Wildman–Crippen LogP) is -0.818. The Labute approximate surface area is 150 Å². The molecule has 0 aliphatic carbocycles. The van der Waals surface area contributed by atoms with Gasteiger partial charge in [-0.3, -0.25) is 9.10 Å². The van der Waals surface area contributed by atoms with Crippen molar-refractivity contribution in [2.24, 2.45) is 0 Å². The molecular weight excluding hydrogens is 342 g/mol. The largest absolute Gasteiger partial charge is 0.370 e. The summed E-state index contributed by atoms with van der Waals surface area (Å²) in [7, 11) is -3.52. The minimum atomic E-state index is -3.52. The van der Waals surface area contributed by atoms with E-state index < -0.39 is 10.0 Å². The molecule has 0 radical (unpaired) electrons. The molecule has 1 amide bonds. The summed E-state index contributed by atoms with van der Waals surface area (Å²) in [5.74, 6) is -0.289. The zero-order valence-electron chi connectivity index (χ0n) is 15.0. The fourth-order valence-electron chi connectivity index (χ4n) is 2.77. The number of amides is 1. The zero-order chi connectivity index (χ0) is 18.3. The molecule has 2 N–H and O–H groups in total. The van der Waals surface area contributed by atoms with Crippen molar-refractivity contribution in [3.8, 4) is 0 Å². The normalized spacial score (nSPS) is 15.8. The van der Waals surface area contributed by atoms with Gasteiger partial charge in [0.05, 0.1) is 31.7 Å². The summed E-state index contributed by atoms with van der Waals surface area (Å²) in [5.41, 5.74) is 1.54. The van der Waals surface area contributed by atoms with E-state index in [0.29, 0.717) is 12.2 Å². The Morgan fingerprint density at radius 1 is 1.24 bits per heavy atom. The fourth-order valence-corrected chi connectivity index (χ4v) is 3.63. The lowest BCUT2D eigenvalue weighted by atomic mass is 10.2. The van der Waals surface area contributed by atoms with E-state index in [0.717, 1.165) is 55.4 Å². The number of quaternary nitrogens is 1. The van der Waals surface area contributed by atoms with Gasteiger partial charge in [0.1, 0.15) is 19.6 Å². The van der Waals surface area contributed by atoms with E-state index in [-0.39, 0.29) is 12.5 Å². The highest BCUT2D eigenvalue weighted by Crippen LogP contribution is 2.17. The topological polar surface area (TPSA) is 80.2 Å². The first-order valence-electron chi connectivity index (χ1n) is 8.58. The molecule has 0 unspecified atom stereocenters. The molecule has 0 bridgehead atoms. The number of hydrogen-bond acceptors (Lipinski definition) is 4. The van der Waals surface area contributed by atoms with Gasteiger partial charge >= 0.3 is 0 Å². The standard InChI is InChI=1S/C17H27N3O4S/c1-15-4-6-16(7-5-15)20(25(2,22)23)14-17(21)18-8-3-9-19-10-12-24-13-11-19/h4-7H,3,8-14H2,1-2H3,(H,18,21)/p+1. The average Bonchev–Trinajstić information content (AvgIpc) is 2.57. The summed E-state index contributed by atoms with van der Waals surface area (Å²) < 4.78 is 30.5. The van der Waals surface area contributed by atoms with Crippen LogP contribution in [0.15, 0.2) is 24.3 Å². The van der Waals surface area contributed by atoms with Gasteiger partial charge in [-0.15, -0.1) is 0 Å². The first-order valence-corrected chi connectivity index (χ1v) is 10.4. The molecular formula is C17H28N3O4S+. The summed E-state index contributed by atoms with van der Waals surface area (Å²) in [5, 5.41) is 2.82. The van der Waals surface area contributed by atoms with E-state index in [1.165, 1.54) is 4.90 Å². The van der Waals surface area contributed by atoms with Crippen LogP contribution in [-0.2, 0) is 19.6 Å². The zero-order valence-corrected chi connectivity index (χ0v) is 15.8. The molecule has 1 aliphatic heterocycles. The fraction of sp³-hybridized carbons (Fsp3) is 0.588. The molecule has 25 heavy (non-hydrogen) atoms. The number of ether oxygens (including phenoxy) is 1. The highest BCUT2D eigenvalue weighted by molar-refractivity contribution is 7.92. The van der Waals surface area contributed by atoms with Gasteiger partial charge < -0.3 is 15.0 Å². The van der Waals surface area contributed by atoms with Crippen LogP contribution >= 0.6 is 0 Å². The van der Waals surface area contributed by atoms with Gasteiger partial charge in [0.25, 0.3) is 0 Å². The third-order valence-electron chi connectivity index (χ3n) is 4.24. The van der Waals surface area contributed by atoms with Gasteiger partial charge in [0.15, 0.2) is 0 Å². The van der Waals surface area contributed by atoms with Crippen molar-refractivity contribution in [3.63, 3.8) is 0 Å². The van der Waals surface area contributed by atoms with E-state index in [4.69, 9.17) is 4.74 Å². The van der Waals surface area contributed by atoms with Crippen LogP contribution in [0.2, 0.25) is 0 Å². The minimum Gasteiger partial charge on any atom is -0.370 e. The highest BCUT2D eigenvalue weighted by atomic mass is 32.2. The van der Waals surface area contributed by atoms with Crippen molar-refractivity contribution in [1.29, 1.82) is 0 Å². The smallest absolute Gasteiger partial charge is 0.240 e. The van der Waals surface area contributed by atoms with Crippen LogP contribution < -0.4 is 14.5 Å². The molecule has 0 atom stereocenters. The Bertz CT molecular complexity index is 655.